The van der Waals surface area contributed by atoms with Crippen molar-refractivity contribution in [1.82, 2.24) is 0 Å². The first-order chi connectivity index (χ1) is 27.7. The molecule has 0 spiro atoms. The molecule has 306 valence electrons. The maximum Gasteiger partial charge on any atom is 0.325 e. The highest BCUT2D eigenvalue weighted by molar-refractivity contribution is 6.33. The number of rotatable bonds is 16. The van der Waals surface area contributed by atoms with Gasteiger partial charge in [-0.2, -0.15) is 0 Å². The van der Waals surface area contributed by atoms with Gasteiger partial charge in [-0.25, -0.2) is 0 Å². The summed E-state index contributed by atoms with van der Waals surface area (Å²) in [6.45, 7) is 2.23. The molecular weight excluding hydrogens is 799 g/mol. The van der Waals surface area contributed by atoms with Crippen molar-refractivity contribution in [3.8, 4) is 39.7 Å². The van der Waals surface area contributed by atoms with Crippen LogP contribution in [0.1, 0.15) is 11.1 Å². The quantitative estimate of drug-likeness (QED) is 0.0532. The largest absolute Gasteiger partial charge is 0.506 e. The smallest absolute Gasteiger partial charge is 0.325 e. The molecule has 15 nitrogen and oxygen atoms in total. The molecule has 0 fully saturated rings. The maximum atomic E-state index is 12.6. The number of methoxy groups -OCH3 is 4. The van der Waals surface area contributed by atoms with E-state index in [0.29, 0.717) is 44.8 Å². The van der Waals surface area contributed by atoms with Gasteiger partial charge in [0.2, 0.25) is 5.43 Å². The van der Waals surface area contributed by atoms with E-state index in [0.717, 1.165) is 5.56 Å². The summed E-state index contributed by atoms with van der Waals surface area (Å²) in [5.74, 6) is -2.01. The lowest BCUT2D eigenvalue weighted by atomic mass is 9.90. The Balaban J connectivity index is 1.62. The molecule has 0 radical (unpaired) electrons. The fourth-order valence-corrected chi connectivity index (χ4v) is 6.46. The molecule has 0 bridgehead atoms. The van der Waals surface area contributed by atoms with Crippen LogP contribution < -0.4 is 24.7 Å². The van der Waals surface area contributed by atoms with E-state index in [1.54, 1.807) is 37.3 Å². The molecule has 2 aliphatic rings. The molecule has 3 aromatic carbocycles. The van der Waals surface area contributed by atoms with Gasteiger partial charge in [0.15, 0.2) is 0 Å². The molecule has 0 saturated heterocycles. The first-order valence-electron chi connectivity index (χ1n) is 17.5. The van der Waals surface area contributed by atoms with E-state index in [4.69, 9.17) is 56.0 Å². The van der Waals surface area contributed by atoms with E-state index < -0.39 is 29.3 Å². The molecule has 1 aliphatic heterocycles. The van der Waals surface area contributed by atoms with Crippen molar-refractivity contribution in [3.05, 3.63) is 86.0 Å². The molecule has 1 aliphatic carbocycles. The van der Waals surface area contributed by atoms with Gasteiger partial charge >= 0.3 is 23.9 Å². The molecule has 0 saturated carbocycles. The van der Waals surface area contributed by atoms with Crippen LogP contribution in [0.25, 0.3) is 33.4 Å². The Morgan fingerprint density at radius 3 is 1.74 bits per heavy atom. The summed E-state index contributed by atoms with van der Waals surface area (Å²) in [5.41, 5.74) is 3.45. The van der Waals surface area contributed by atoms with Gasteiger partial charge in [-0.3, -0.25) is 24.0 Å². The Bertz CT molecular complexity index is 2360. The predicted molar refractivity (Wildman–Crippen MR) is 216 cm³/mol. The number of carbonyl (C=O) groups excluding carboxylic acids is 4. The van der Waals surface area contributed by atoms with Crippen molar-refractivity contribution in [2.45, 2.75) is 13.8 Å². The van der Waals surface area contributed by atoms with Gasteiger partial charge in [0.1, 0.15) is 68.0 Å². The third kappa shape index (κ3) is 9.84. The number of ether oxygens (including phenoxy) is 6. The second kappa shape index (κ2) is 18.8. The van der Waals surface area contributed by atoms with E-state index in [-0.39, 0.29) is 72.3 Å². The second-order valence-corrected chi connectivity index (χ2v) is 13.7. The maximum absolute atomic E-state index is 12.6. The molecule has 0 unspecified atom stereocenters. The minimum atomic E-state index is -0.644. The Labute approximate surface area is 342 Å². The fraction of sp³-hybridized carbons (Fsp3) is 0.293. The van der Waals surface area contributed by atoms with Gasteiger partial charge in [-0.15, -0.1) is 0 Å². The number of fused-ring (bicyclic) bond motifs is 2. The van der Waals surface area contributed by atoms with Gasteiger partial charge in [-0.05, 0) is 66.9 Å². The van der Waals surface area contributed by atoms with Crippen molar-refractivity contribution >= 4 is 69.4 Å². The number of phenols is 1. The predicted octanol–water partition coefficient (Wildman–Crippen LogP) is 5.96. The van der Waals surface area contributed by atoms with Crippen LogP contribution in [0.2, 0.25) is 10.0 Å². The van der Waals surface area contributed by atoms with Gasteiger partial charge in [0.05, 0.1) is 49.9 Å². The minimum absolute atomic E-state index is 0.0346. The summed E-state index contributed by atoms with van der Waals surface area (Å²) in [5, 5.41) is 10.9. The number of hydrogen-bond donors (Lipinski definition) is 1. The number of halogens is 2. The monoisotopic (exact) mass is 838 g/mol. The molecule has 0 amide bonds. The zero-order chi connectivity index (χ0) is 42.3. The van der Waals surface area contributed by atoms with E-state index in [1.807, 2.05) is 6.92 Å². The zero-order valence-electron chi connectivity index (χ0n) is 32.4. The van der Waals surface area contributed by atoms with Crippen LogP contribution in [-0.2, 0) is 38.1 Å². The molecule has 17 heteroatoms. The minimum Gasteiger partial charge on any atom is -0.506 e. The van der Waals surface area contributed by atoms with E-state index >= 15 is 0 Å². The van der Waals surface area contributed by atoms with Crippen LogP contribution in [0.15, 0.2) is 63.8 Å². The molecule has 3 aromatic rings. The van der Waals surface area contributed by atoms with E-state index in [1.165, 1.54) is 62.5 Å². The summed E-state index contributed by atoms with van der Waals surface area (Å²) >= 11 is 12.8. The van der Waals surface area contributed by atoms with Crippen LogP contribution in [0, 0.1) is 13.8 Å². The SMILES string of the molecule is COC(=O)CN(CC(=O)OC)c1ccc(C)cc1OCCOc1cc(-c2c3cc(Cl)c(=O)cc-3oc3cc(O)c(Cl)cc23)c(C)cc1N(CC(=O)OC)CC(=O)OC. The standard InChI is InChI=1S/C41H40Cl2N2O13/c1-22-7-8-29(44(18-37(48)52-3)19-38(49)53-4)35(11-22)56-9-10-57-36-15-24(23(2)12-30(36)45(20-39(50)54-5)21-40(51)55-6)41-25-13-27(42)31(46)16-33(25)58-34-17-32(47)28(43)14-26(34)41/h7-8,11-17,46H,9-10,18-21H2,1-6H3. The van der Waals surface area contributed by atoms with Crippen LogP contribution in [0.5, 0.6) is 17.2 Å². The molecule has 58 heavy (non-hydrogen) atoms. The Kier molecular flexibility index (Phi) is 13.9. The summed E-state index contributed by atoms with van der Waals surface area (Å²) in [4.78, 5) is 65.4. The second-order valence-electron chi connectivity index (χ2n) is 12.9. The topological polar surface area (TPSA) is 181 Å². The first kappa shape index (κ1) is 42.9. The highest BCUT2D eigenvalue weighted by Gasteiger charge is 2.26. The Morgan fingerprint density at radius 1 is 0.655 bits per heavy atom. The highest BCUT2D eigenvalue weighted by Crippen LogP contribution is 2.46. The molecule has 1 heterocycles. The average molecular weight is 840 g/mol. The van der Waals surface area contributed by atoms with Crippen molar-refractivity contribution in [3.63, 3.8) is 0 Å². The van der Waals surface area contributed by atoms with Gasteiger partial charge in [0, 0.05) is 28.6 Å². The molecule has 0 atom stereocenters. The summed E-state index contributed by atoms with van der Waals surface area (Å²) < 4.78 is 38.2. The van der Waals surface area contributed by atoms with Gasteiger partial charge in [0.25, 0.3) is 0 Å². The fourth-order valence-electron chi connectivity index (χ4n) is 6.13. The van der Waals surface area contributed by atoms with Crippen molar-refractivity contribution in [2.75, 3.05) is 77.6 Å². The van der Waals surface area contributed by atoms with Crippen molar-refractivity contribution in [2.24, 2.45) is 0 Å². The summed E-state index contributed by atoms with van der Waals surface area (Å²) in [6.07, 6.45) is 0. The zero-order valence-corrected chi connectivity index (χ0v) is 33.9. The lowest BCUT2D eigenvalue weighted by Gasteiger charge is -2.27. The Hall–Kier alpha value is -6.19. The van der Waals surface area contributed by atoms with Crippen LogP contribution >= 0.6 is 23.2 Å². The van der Waals surface area contributed by atoms with E-state index in [9.17, 15) is 29.1 Å². The number of hydrogen-bond acceptors (Lipinski definition) is 15. The highest BCUT2D eigenvalue weighted by atomic mass is 35.5. The van der Waals surface area contributed by atoms with Gasteiger partial charge < -0.3 is 47.7 Å². The number of carbonyl (C=O) groups is 4. The summed E-state index contributed by atoms with van der Waals surface area (Å²) in [6, 6.07) is 14.2. The number of nitrogens with zero attached hydrogens (tertiary/aromatic N) is 2. The average Bonchev–Trinajstić information content (AvgIpc) is 3.19. The van der Waals surface area contributed by atoms with Crippen LogP contribution in [0.4, 0.5) is 11.4 Å². The number of esters is 4. The van der Waals surface area contributed by atoms with Crippen LogP contribution in [-0.4, -0.2) is 96.8 Å². The normalized spacial score (nSPS) is 10.9. The molecule has 1 N–H and O–H groups in total. The molecule has 0 aromatic heterocycles. The third-order valence-corrected chi connectivity index (χ3v) is 9.60. The number of phenolic OH excluding ortho intramolecular Hbond substituents is 1. The lowest BCUT2D eigenvalue weighted by Crippen LogP contribution is -2.36. The van der Waals surface area contributed by atoms with Crippen molar-refractivity contribution in [1.29, 1.82) is 0 Å². The number of benzene rings is 4. The Morgan fingerprint density at radius 2 is 1.19 bits per heavy atom. The molecular formula is C41H40Cl2N2O13. The lowest BCUT2D eigenvalue weighted by molar-refractivity contribution is -0.141. The molecule has 5 rings (SSSR count). The number of aromatic hydroxyl groups is 1. The first-order valence-corrected chi connectivity index (χ1v) is 18.3. The number of anilines is 2. The van der Waals surface area contributed by atoms with Crippen LogP contribution in [0.3, 0.4) is 0 Å². The third-order valence-electron chi connectivity index (χ3n) is 9.00. The van der Waals surface area contributed by atoms with Gasteiger partial charge in [-0.1, -0.05) is 29.3 Å². The van der Waals surface area contributed by atoms with Crippen molar-refractivity contribution < 1.29 is 57.1 Å². The number of aryl methyl sites for hydroxylation is 2. The summed E-state index contributed by atoms with van der Waals surface area (Å²) in [7, 11) is 4.91. The van der Waals surface area contributed by atoms with E-state index in [2.05, 4.69) is 0 Å².